The van der Waals surface area contributed by atoms with Crippen molar-refractivity contribution in [2.45, 2.75) is 245 Å². The van der Waals surface area contributed by atoms with E-state index < -0.39 is 91.5 Å². The molecule has 5 unspecified atom stereocenters. The third-order valence-corrected chi connectivity index (χ3v) is 14.7. The first-order valence-corrected chi connectivity index (χ1v) is 35.5. The highest BCUT2D eigenvalue weighted by atomic mass is 31.2. The van der Waals surface area contributed by atoms with Gasteiger partial charge in [0, 0.05) is 19.3 Å². The van der Waals surface area contributed by atoms with E-state index in [0.29, 0.717) is 25.7 Å². The maximum atomic E-state index is 12.9. The van der Waals surface area contributed by atoms with Crippen LogP contribution in [0.25, 0.3) is 0 Å². The summed E-state index contributed by atoms with van der Waals surface area (Å²) in [6.45, 7) is 2.31. The summed E-state index contributed by atoms with van der Waals surface area (Å²) in [5.41, 5.74) is 0. The lowest BCUT2D eigenvalue weighted by atomic mass is 10.1. The van der Waals surface area contributed by atoms with Gasteiger partial charge in [0.2, 0.25) is 0 Å². The zero-order valence-electron chi connectivity index (χ0n) is 53.4. The number of ether oxygens (including phenoxy) is 3. The molecule has 4 N–H and O–H groups in total. The summed E-state index contributed by atoms with van der Waals surface area (Å²) in [4.78, 5) is 58.2. The Morgan fingerprint density at radius 2 is 0.644 bits per heavy atom. The SMILES string of the molecule is CC/C=C\C/C=C\C/C=C\C/C=C\C/C=C\CCCC(=O)OCC(COP(=O)(O)OCC(O)COP(=O)(O)OCC(O)COC(=O)CCCCCCC/C=C\C/C=C\C/C=C\C/C=C\CCCCC)OC(=O)CCCCCCC/C=C\C/C=C\CCC. The van der Waals surface area contributed by atoms with Crippen LogP contribution in [0.4, 0.5) is 0 Å². The van der Waals surface area contributed by atoms with Crippen molar-refractivity contribution < 1.29 is 75.8 Å². The fourth-order valence-electron chi connectivity index (χ4n) is 7.86. The fraction of sp³-hybridized carbons (Fsp3) is 0.638. The molecule has 0 spiro atoms. The number of phosphoric ester groups is 2. The number of carbonyl (C=O) groups excluding carboxylic acids is 3. The highest BCUT2D eigenvalue weighted by Crippen LogP contribution is 2.45. The van der Waals surface area contributed by atoms with Gasteiger partial charge in [-0.2, -0.15) is 0 Å². The lowest BCUT2D eigenvalue weighted by Crippen LogP contribution is -2.30. The first-order chi connectivity index (χ1) is 42.2. The normalized spacial score (nSPS) is 15.2. The van der Waals surface area contributed by atoms with Crippen LogP contribution < -0.4 is 0 Å². The van der Waals surface area contributed by atoms with Gasteiger partial charge in [0.1, 0.15) is 25.4 Å². The van der Waals surface area contributed by atoms with E-state index in [1.807, 2.05) is 12.2 Å². The summed E-state index contributed by atoms with van der Waals surface area (Å²) in [7, 11) is -9.80. The quantitative estimate of drug-likeness (QED) is 0.0146. The molecule has 0 aromatic carbocycles. The molecule has 0 aromatic heterocycles. The average molecular weight is 1260 g/mol. The molecule has 16 nitrogen and oxygen atoms in total. The number of aliphatic hydroxyl groups is 2. The molecule has 0 aliphatic rings. The minimum absolute atomic E-state index is 0.0711. The molecule has 0 saturated heterocycles. The predicted molar refractivity (Wildman–Crippen MR) is 353 cm³/mol. The molecule has 0 amide bonds. The standard InChI is InChI=1S/C69H114O16P2/c1-4-7-10-13-16-19-22-25-27-29-30-31-32-34-36-38-40-43-46-49-52-55-67(72)79-58-64(70)59-81-86(75,76)82-60-65(71)61-83-87(77,78)84-63-66(85-69(74)57-54-51-48-45-42-37-24-21-18-15-12-9-6-3)62-80-68(73)56-53-50-47-44-41-39-35-33-28-26-23-20-17-14-11-8-5-2/h8,11-12,15-17,19-21,24-28,30-31,34-36,39,44,47,64-66,70-71H,4-7,9-10,13-14,18,22-23,29,32-33,37-38,40-43,45-46,48-63H2,1-3H3,(H,75,76)(H,77,78)/b11-8-,15-12-,19-16-,20-17-,24-21-,27-25-,28-26-,31-30-,36-34-,39-35-,47-44-. The molecule has 0 bridgehead atoms. The number of hydrogen-bond donors (Lipinski definition) is 4. The number of unbranched alkanes of at least 4 members (excludes halogenated alkanes) is 15. The van der Waals surface area contributed by atoms with Crippen LogP contribution >= 0.6 is 15.6 Å². The molecule has 5 atom stereocenters. The molecule has 0 fully saturated rings. The Labute approximate surface area is 525 Å². The first kappa shape index (κ1) is 82.7. The highest BCUT2D eigenvalue weighted by molar-refractivity contribution is 7.47. The van der Waals surface area contributed by atoms with E-state index in [9.17, 15) is 43.5 Å². The molecule has 0 heterocycles. The van der Waals surface area contributed by atoms with Gasteiger partial charge in [-0.15, -0.1) is 0 Å². The average Bonchev–Trinajstić information content (AvgIpc) is 3.69. The van der Waals surface area contributed by atoms with E-state index >= 15 is 0 Å². The second-order valence-corrected chi connectivity index (χ2v) is 24.1. The predicted octanol–water partition coefficient (Wildman–Crippen LogP) is 17.6. The largest absolute Gasteiger partial charge is 0.472 e. The number of rotatable bonds is 60. The number of esters is 3. The molecule has 0 rings (SSSR count). The van der Waals surface area contributed by atoms with Crippen molar-refractivity contribution in [1.29, 1.82) is 0 Å². The Morgan fingerprint density at radius 3 is 1.06 bits per heavy atom. The minimum atomic E-state index is -4.94. The van der Waals surface area contributed by atoms with Crippen LogP contribution in [0.2, 0.25) is 0 Å². The van der Waals surface area contributed by atoms with E-state index in [4.69, 9.17) is 32.3 Å². The van der Waals surface area contributed by atoms with Crippen LogP contribution in [0.5, 0.6) is 0 Å². The molecule has 0 saturated carbocycles. The molecule has 0 aliphatic heterocycles. The summed E-state index contributed by atoms with van der Waals surface area (Å²) < 4.78 is 60.7. The zero-order valence-corrected chi connectivity index (χ0v) is 55.2. The van der Waals surface area contributed by atoms with Crippen LogP contribution in [0.1, 0.15) is 226 Å². The van der Waals surface area contributed by atoms with Gasteiger partial charge in [-0.3, -0.25) is 32.5 Å². The second-order valence-electron chi connectivity index (χ2n) is 21.2. The van der Waals surface area contributed by atoms with Crippen LogP contribution in [0, 0.1) is 0 Å². The van der Waals surface area contributed by atoms with Crippen LogP contribution in [0.3, 0.4) is 0 Å². The van der Waals surface area contributed by atoms with Crippen molar-refractivity contribution in [3.8, 4) is 0 Å². The topological polar surface area (TPSA) is 231 Å². The summed E-state index contributed by atoms with van der Waals surface area (Å²) in [5.74, 6) is -1.69. The maximum absolute atomic E-state index is 12.9. The summed E-state index contributed by atoms with van der Waals surface area (Å²) >= 11 is 0. The highest BCUT2D eigenvalue weighted by Gasteiger charge is 2.29. The number of phosphoric acid groups is 2. The molecule has 0 aromatic rings. The molecule has 496 valence electrons. The number of allylic oxidation sites excluding steroid dienone is 22. The third-order valence-electron chi connectivity index (χ3n) is 12.8. The van der Waals surface area contributed by atoms with Crippen LogP contribution in [-0.2, 0) is 55.8 Å². The maximum Gasteiger partial charge on any atom is 0.472 e. The minimum Gasteiger partial charge on any atom is -0.463 e. The lowest BCUT2D eigenvalue weighted by Gasteiger charge is -2.21. The van der Waals surface area contributed by atoms with Crippen molar-refractivity contribution in [2.75, 3.05) is 39.6 Å². The number of aliphatic hydroxyl groups excluding tert-OH is 2. The molecule has 87 heavy (non-hydrogen) atoms. The summed E-state index contributed by atoms with van der Waals surface area (Å²) in [5, 5.41) is 20.5. The number of hydrogen-bond acceptors (Lipinski definition) is 14. The van der Waals surface area contributed by atoms with E-state index in [1.165, 1.54) is 25.7 Å². The first-order valence-electron chi connectivity index (χ1n) is 32.5. The summed E-state index contributed by atoms with van der Waals surface area (Å²) in [6.07, 6.45) is 70.9. The smallest absolute Gasteiger partial charge is 0.463 e. The van der Waals surface area contributed by atoms with Gasteiger partial charge in [0.25, 0.3) is 0 Å². The monoisotopic (exact) mass is 1260 g/mol. The van der Waals surface area contributed by atoms with Gasteiger partial charge < -0.3 is 34.2 Å². The van der Waals surface area contributed by atoms with Crippen LogP contribution in [-0.4, -0.2) is 95.9 Å². The van der Waals surface area contributed by atoms with Crippen molar-refractivity contribution >= 4 is 33.6 Å². The van der Waals surface area contributed by atoms with E-state index in [0.717, 1.165) is 135 Å². The van der Waals surface area contributed by atoms with E-state index in [-0.39, 0.29) is 19.3 Å². The Kier molecular flexibility index (Phi) is 58.8. The molecular formula is C69H114O16P2. The molecule has 0 radical (unpaired) electrons. The lowest BCUT2D eigenvalue weighted by molar-refractivity contribution is -0.161. The second kappa shape index (κ2) is 61.9. The summed E-state index contributed by atoms with van der Waals surface area (Å²) in [6, 6.07) is 0. The molecule has 0 aliphatic carbocycles. The van der Waals surface area contributed by atoms with Gasteiger partial charge in [0.05, 0.1) is 26.4 Å². The van der Waals surface area contributed by atoms with Crippen LogP contribution in [0.15, 0.2) is 134 Å². The van der Waals surface area contributed by atoms with Gasteiger partial charge in [-0.25, -0.2) is 9.13 Å². The van der Waals surface area contributed by atoms with E-state index in [2.05, 4.69) is 142 Å². The van der Waals surface area contributed by atoms with Gasteiger partial charge in [-0.05, 0) is 128 Å². The van der Waals surface area contributed by atoms with E-state index in [1.54, 1.807) is 0 Å². The Balaban J connectivity index is 4.71. The Morgan fingerprint density at radius 1 is 0.333 bits per heavy atom. The Hall–Kier alpha value is -4.31. The van der Waals surface area contributed by atoms with Crippen molar-refractivity contribution in [3.63, 3.8) is 0 Å². The Bertz CT molecular complexity index is 2120. The van der Waals surface area contributed by atoms with Crippen molar-refractivity contribution in [2.24, 2.45) is 0 Å². The fourth-order valence-corrected chi connectivity index (χ4v) is 9.45. The van der Waals surface area contributed by atoms with Crippen molar-refractivity contribution in [1.82, 2.24) is 0 Å². The third kappa shape index (κ3) is 63.1. The van der Waals surface area contributed by atoms with Gasteiger partial charge >= 0.3 is 33.6 Å². The zero-order chi connectivity index (χ0) is 63.8. The van der Waals surface area contributed by atoms with Crippen molar-refractivity contribution in [3.05, 3.63) is 134 Å². The van der Waals surface area contributed by atoms with Gasteiger partial charge in [-0.1, -0.05) is 212 Å². The number of carbonyl (C=O) groups is 3. The van der Waals surface area contributed by atoms with Gasteiger partial charge in [0.15, 0.2) is 6.10 Å². The molecular weight excluding hydrogens is 1150 g/mol. The molecule has 18 heteroatoms.